The van der Waals surface area contributed by atoms with Gasteiger partial charge in [0.25, 0.3) is 0 Å². The molecule has 0 aromatic carbocycles. The van der Waals surface area contributed by atoms with Crippen LogP contribution in [-0.4, -0.2) is 28.4 Å². The van der Waals surface area contributed by atoms with Crippen molar-refractivity contribution in [3.63, 3.8) is 0 Å². The molecule has 0 saturated heterocycles. The summed E-state index contributed by atoms with van der Waals surface area (Å²) in [4.78, 5) is 0. The van der Waals surface area contributed by atoms with Crippen LogP contribution in [0.3, 0.4) is 0 Å². The second kappa shape index (κ2) is 6.15. The minimum absolute atomic E-state index is 0.525. The number of rotatable bonds is 5. The van der Waals surface area contributed by atoms with Crippen LogP contribution < -0.4 is 10.0 Å². The average molecular weight is 152 g/mol. The summed E-state index contributed by atoms with van der Waals surface area (Å²) in [5, 5.41) is 3.00. The van der Waals surface area contributed by atoms with Gasteiger partial charge in [0.05, 0.1) is 0 Å². The zero-order chi connectivity index (χ0) is 7.11. The lowest BCUT2D eigenvalue weighted by molar-refractivity contribution is 0.546. The molecule has 4 nitrogen and oxygen atoms in total. The molecule has 0 spiro atoms. The molecule has 0 aliphatic rings. The quantitative estimate of drug-likeness (QED) is 0.361. The van der Waals surface area contributed by atoms with Gasteiger partial charge in [0.1, 0.15) is 0 Å². The lowest BCUT2D eigenvalue weighted by Gasteiger charge is -1.98. The molecule has 3 N–H and O–H groups in total. The third-order valence-electron chi connectivity index (χ3n) is 0.777. The van der Waals surface area contributed by atoms with E-state index in [1.807, 2.05) is 6.92 Å². The third kappa shape index (κ3) is 8.03. The fourth-order valence-electron chi connectivity index (χ4n) is 0.404. The van der Waals surface area contributed by atoms with E-state index in [0.29, 0.717) is 6.54 Å². The van der Waals surface area contributed by atoms with E-state index in [2.05, 4.69) is 10.0 Å². The first-order valence-electron chi connectivity index (χ1n) is 2.82. The average Bonchev–Trinajstić information content (AvgIpc) is 1.80. The Morgan fingerprint density at radius 1 is 1.56 bits per heavy atom. The van der Waals surface area contributed by atoms with Gasteiger partial charge < -0.3 is 5.32 Å². The van der Waals surface area contributed by atoms with E-state index in [0.717, 1.165) is 13.1 Å². The molecule has 0 aliphatic heterocycles. The number of hydrogen-bond acceptors (Lipinski definition) is 2. The topological polar surface area (TPSA) is 61.4 Å². The van der Waals surface area contributed by atoms with Crippen LogP contribution in [0.5, 0.6) is 0 Å². The van der Waals surface area contributed by atoms with Crippen molar-refractivity contribution in [2.75, 3.05) is 19.6 Å². The van der Waals surface area contributed by atoms with Gasteiger partial charge in [0.2, 0.25) is 11.3 Å². The van der Waals surface area contributed by atoms with E-state index in [1.165, 1.54) is 0 Å². The van der Waals surface area contributed by atoms with E-state index in [1.54, 1.807) is 0 Å². The minimum Gasteiger partial charge on any atom is -0.316 e. The van der Waals surface area contributed by atoms with Gasteiger partial charge >= 0.3 is 0 Å². The second-order valence-corrected chi connectivity index (χ2v) is 2.28. The highest BCUT2D eigenvalue weighted by molar-refractivity contribution is 7.77. The van der Waals surface area contributed by atoms with Crippen LogP contribution in [0.25, 0.3) is 0 Å². The predicted octanol–water partition coefficient (Wildman–Crippen LogP) is -0.678. The Kier molecular flexibility index (Phi) is 6.18. The van der Waals surface area contributed by atoms with Gasteiger partial charge in [-0.15, -0.1) is 0 Å². The predicted molar refractivity (Wildman–Crippen MR) is 37.3 cm³/mol. The summed E-state index contributed by atoms with van der Waals surface area (Å²) < 4.78 is 20.5. The molecule has 0 bridgehead atoms. The molecular formula is C4H12N2O2S. The van der Waals surface area contributed by atoms with E-state index < -0.39 is 11.3 Å². The molecule has 5 heteroatoms. The van der Waals surface area contributed by atoms with Gasteiger partial charge in [-0.1, -0.05) is 6.92 Å². The SMILES string of the molecule is CCNCCNS(=O)O. The maximum Gasteiger partial charge on any atom is 0.231 e. The Balaban J connectivity index is 2.83. The monoisotopic (exact) mass is 152 g/mol. The third-order valence-corrected chi connectivity index (χ3v) is 1.23. The highest BCUT2D eigenvalue weighted by atomic mass is 32.2. The molecule has 0 fully saturated rings. The zero-order valence-electron chi connectivity index (χ0n) is 5.39. The first kappa shape index (κ1) is 9.03. The molecule has 0 heterocycles. The fourth-order valence-corrected chi connectivity index (χ4v) is 0.680. The standard InChI is InChI=1S/C4H12N2O2S/c1-2-5-3-4-6-9(7)8/h5-6H,2-4H2,1H3,(H,7,8). The molecule has 0 aromatic heterocycles. The van der Waals surface area contributed by atoms with Crippen molar-refractivity contribution in [2.45, 2.75) is 6.92 Å². The first-order valence-corrected chi connectivity index (χ1v) is 3.93. The lowest BCUT2D eigenvalue weighted by atomic mass is 10.6. The van der Waals surface area contributed by atoms with E-state index >= 15 is 0 Å². The molecular weight excluding hydrogens is 140 g/mol. The molecule has 0 amide bonds. The largest absolute Gasteiger partial charge is 0.316 e. The Morgan fingerprint density at radius 3 is 2.67 bits per heavy atom. The van der Waals surface area contributed by atoms with Crippen LogP contribution >= 0.6 is 0 Å². The van der Waals surface area contributed by atoms with Crippen molar-refractivity contribution in [1.29, 1.82) is 0 Å². The van der Waals surface area contributed by atoms with Crippen molar-refractivity contribution in [2.24, 2.45) is 0 Å². The maximum atomic E-state index is 9.93. The van der Waals surface area contributed by atoms with Crippen LogP contribution in [0.1, 0.15) is 6.92 Å². The Bertz CT molecular complexity index is 88.6. The molecule has 0 rings (SSSR count). The highest BCUT2D eigenvalue weighted by Crippen LogP contribution is 1.61. The molecule has 0 radical (unpaired) electrons. The summed E-state index contributed by atoms with van der Waals surface area (Å²) in [5.74, 6) is 0. The summed E-state index contributed by atoms with van der Waals surface area (Å²) in [7, 11) is 0. The van der Waals surface area contributed by atoms with E-state index in [9.17, 15) is 4.21 Å². The van der Waals surface area contributed by atoms with E-state index in [-0.39, 0.29) is 0 Å². The zero-order valence-corrected chi connectivity index (χ0v) is 6.20. The molecule has 0 aromatic rings. The van der Waals surface area contributed by atoms with Crippen LogP contribution in [0.15, 0.2) is 0 Å². The Labute approximate surface area is 57.4 Å². The molecule has 9 heavy (non-hydrogen) atoms. The molecule has 0 saturated carbocycles. The van der Waals surface area contributed by atoms with Crippen molar-refractivity contribution >= 4 is 11.3 Å². The van der Waals surface area contributed by atoms with Crippen molar-refractivity contribution < 1.29 is 8.76 Å². The fraction of sp³-hybridized carbons (Fsp3) is 1.00. The summed E-state index contributed by atoms with van der Waals surface area (Å²) >= 11 is -1.86. The van der Waals surface area contributed by atoms with Crippen molar-refractivity contribution in [1.82, 2.24) is 10.0 Å². The number of nitrogens with one attached hydrogen (secondary N) is 2. The lowest BCUT2D eigenvalue weighted by Crippen LogP contribution is -2.27. The molecule has 1 unspecified atom stereocenters. The summed E-state index contributed by atoms with van der Waals surface area (Å²) in [5.41, 5.74) is 0. The summed E-state index contributed by atoms with van der Waals surface area (Å²) in [6.45, 7) is 4.12. The van der Waals surface area contributed by atoms with Gasteiger partial charge in [-0.05, 0) is 6.54 Å². The molecule has 1 atom stereocenters. The van der Waals surface area contributed by atoms with Crippen LogP contribution in [0.4, 0.5) is 0 Å². The first-order chi connectivity index (χ1) is 4.27. The minimum atomic E-state index is -1.86. The summed E-state index contributed by atoms with van der Waals surface area (Å²) in [6, 6.07) is 0. The molecule has 0 aliphatic carbocycles. The van der Waals surface area contributed by atoms with Crippen LogP contribution in [0, 0.1) is 0 Å². The molecule has 56 valence electrons. The maximum absolute atomic E-state index is 9.93. The van der Waals surface area contributed by atoms with Crippen LogP contribution in [-0.2, 0) is 11.3 Å². The van der Waals surface area contributed by atoms with Gasteiger partial charge in [-0.25, -0.2) is 8.93 Å². The second-order valence-electron chi connectivity index (χ2n) is 1.50. The van der Waals surface area contributed by atoms with Gasteiger partial charge in [0, 0.05) is 13.1 Å². The summed E-state index contributed by atoms with van der Waals surface area (Å²) in [6.07, 6.45) is 0. The highest BCUT2D eigenvalue weighted by Gasteiger charge is 1.87. The smallest absolute Gasteiger partial charge is 0.231 e. The normalized spacial score (nSPS) is 13.6. The van der Waals surface area contributed by atoms with E-state index in [4.69, 9.17) is 4.55 Å². The van der Waals surface area contributed by atoms with Gasteiger partial charge in [-0.3, -0.25) is 4.55 Å². The Hall–Kier alpha value is 0.0300. The number of hydrogen-bond donors (Lipinski definition) is 3. The van der Waals surface area contributed by atoms with Gasteiger partial charge in [0.15, 0.2) is 0 Å². The van der Waals surface area contributed by atoms with Gasteiger partial charge in [-0.2, -0.15) is 0 Å². The Morgan fingerprint density at radius 2 is 2.22 bits per heavy atom. The number of likely N-dealkylation sites (N-methyl/N-ethyl adjacent to an activating group) is 1. The van der Waals surface area contributed by atoms with Crippen molar-refractivity contribution in [3.8, 4) is 0 Å². The van der Waals surface area contributed by atoms with Crippen LogP contribution in [0.2, 0.25) is 0 Å². The van der Waals surface area contributed by atoms with Crippen molar-refractivity contribution in [3.05, 3.63) is 0 Å².